The van der Waals surface area contributed by atoms with Gasteiger partial charge in [0.05, 0.1) is 4.90 Å². The van der Waals surface area contributed by atoms with Gasteiger partial charge in [-0.15, -0.1) is 0 Å². The number of halogens is 1. The number of rotatable bonds is 7. The molecule has 8 heteroatoms. The lowest BCUT2D eigenvalue weighted by molar-refractivity contribution is -0.144. The molecule has 1 atom stereocenters. The number of hydrogen-bond donors (Lipinski definition) is 3. The highest BCUT2D eigenvalue weighted by Gasteiger charge is 2.41. The molecule has 2 aromatic rings. The second kappa shape index (κ2) is 7.43. The topological polar surface area (TPSA) is 104 Å². The number of sulfonamides is 1. The Morgan fingerprint density at radius 3 is 2.16 bits per heavy atom. The Labute approximate surface area is 151 Å². The summed E-state index contributed by atoms with van der Waals surface area (Å²) >= 11 is 5.76. The monoisotopic (exact) mass is 383 g/mol. The third-order valence-electron chi connectivity index (χ3n) is 3.91. The van der Waals surface area contributed by atoms with Crippen LogP contribution in [0.5, 0.6) is 5.75 Å². The quantitative estimate of drug-likeness (QED) is 0.682. The third-order valence-corrected chi connectivity index (χ3v) is 5.71. The van der Waals surface area contributed by atoms with Crippen LogP contribution in [0.3, 0.4) is 0 Å². The normalized spacial score (nSPS) is 14.0. The van der Waals surface area contributed by atoms with Crippen LogP contribution in [-0.2, 0) is 21.2 Å². The fourth-order valence-electron chi connectivity index (χ4n) is 2.40. The van der Waals surface area contributed by atoms with Crippen molar-refractivity contribution in [1.82, 2.24) is 4.72 Å². The highest BCUT2D eigenvalue weighted by Crippen LogP contribution is 2.23. The molecule has 0 amide bonds. The van der Waals surface area contributed by atoms with Crippen LogP contribution in [0.1, 0.15) is 18.9 Å². The largest absolute Gasteiger partial charge is 0.508 e. The van der Waals surface area contributed by atoms with Gasteiger partial charge in [0.1, 0.15) is 11.3 Å². The number of carboxylic acids is 1. The van der Waals surface area contributed by atoms with E-state index in [1.807, 2.05) is 0 Å². The van der Waals surface area contributed by atoms with Crippen LogP contribution in [0.15, 0.2) is 53.4 Å². The third kappa shape index (κ3) is 4.50. The summed E-state index contributed by atoms with van der Waals surface area (Å²) in [6, 6.07) is 11.4. The van der Waals surface area contributed by atoms with Gasteiger partial charge in [0.25, 0.3) is 0 Å². The molecule has 0 bridgehead atoms. The van der Waals surface area contributed by atoms with Gasteiger partial charge < -0.3 is 10.2 Å². The Morgan fingerprint density at radius 2 is 1.68 bits per heavy atom. The SMILES string of the molecule is CCC(Cc1ccc(O)cc1)(NS(=O)(=O)c1ccc(Cl)cc1)C(=O)O. The Balaban J connectivity index is 2.38. The Bertz CT molecular complexity index is 850. The van der Waals surface area contributed by atoms with E-state index in [0.717, 1.165) is 0 Å². The fraction of sp³-hybridized carbons (Fsp3) is 0.235. The summed E-state index contributed by atoms with van der Waals surface area (Å²) in [5.41, 5.74) is -1.13. The van der Waals surface area contributed by atoms with Gasteiger partial charge in [-0.25, -0.2) is 8.42 Å². The molecule has 0 aromatic heterocycles. The smallest absolute Gasteiger partial charge is 0.325 e. The highest BCUT2D eigenvalue weighted by atomic mass is 35.5. The predicted octanol–water partition coefficient (Wildman–Crippen LogP) is 2.80. The first-order valence-electron chi connectivity index (χ1n) is 7.49. The molecule has 25 heavy (non-hydrogen) atoms. The van der Waals surface area contributed by atoms with Crippen molar-refractivity contribution in [1.29, 1.82) is 0 Å². The van der Waals surface area contributed by atoms with Crippen molar-refractivity contribution in [2.24, 2.45) is 0 Å². The van der Waals surface area contributed by atoms with Gasteiger partial charge in [-0.05, 0) is 48.4 Å². The number of benzene rings is 2. The van der Waals surface area contributed by atoms with Crippen LogP contribution in [0, 0.1) is 0 Å². The van der Waals surface area contributed by atoms with E-state index in [4.69, 9.17) is 11.6 Å². The van der Waals surface area contributed by atoms with E-state index in [1.54, 1.807) is 19.1 Å². The molecule has 1 unspecified atom stereocenters. The van der Waals surface area contributed by atoms with E-state index in [-0.39, 0.29) is 23.5 Å². The van der Waals surface area contributed by atoms with E-state index in [2.05, 4.69) is 4.72 Å². The maximum absolute atomic E-state index is 12.6. The molecule has 0 saturated heterocycles. The van der Waals surface area contributed by atoms with E-state index in [9.17, 15) is 23.4 Å². The van der Waals surface area contributed by atoms with Gasteiger partial charge in [0.2, 0.25) is 10.0 Å². The van der Waals surface area contributed by atoms with Crippen molar-refractivity contribution in [2.45, 2.75) is 30.2 Å². The van der Waals surface area contributed by atoms with Gasteiger partial charge in [-0.2, -0.15) is 4.72 Å². The minimum Gasteiger partial charge on any atom is -0.508 e. The molecule has 0 fully saturated rings. The molecule has 0 aliphatic rings. The van der Waals surface area contributed by atoms with Gasteiger partial charge in [-0.3, -0.25) is 4.79 Å². The summed E-state index contributed by atoms with van der Waals surface area (Å²) in [6.07, 6.45) is -0.0258. The number of aromatic hydroxyl groups is 1. The second-order valence-corrected chi connectivity index (χ2v) is 7.76. The summed E-state index contributed by atoms with van der Waals surface area (Å²) in [7, 11) is -4.06. The zero-order chi connectivity index (χ0) is 18.7. The fourth-order valence-corrected chi connectivity index (χ4v) is 3.95. The van der Waals surface area contributed by atoms with E-state index >= 15 is 0 Å². The molecule has 0 saturated carbocycles. The average molecular weight is 384 g/mol. The van der Waals surface area contributed by atoms with Crippen molar-refractivity contribution in [3.05, 3.63) is 59.1 Å². The van der Waals surface area contributed by atoms with E-state index < -0.39 is 21.5 Å². The Hall–Kier alpha value is -2.09. The minimum absolute atomic E-state index is 0.0377. The Kier molecular flexibility index (Phi) is 5.72. The molecule has 2 aromatic carbocycles. The number of carbonyl (C=O) groups is 1. The lowest BCUT2D eigenvalue weighted by Gasteiger charge is -2.29. The zero-order valence-corrected chi connectivity index (χ0v) is 15.0. The number of hydrogen-bond acceptors (Lipinski definition) is 4. The first-order valence-corrected chi connectivity index (χ1v) is 9.35. The lowest BCUT2D eigenvalue weighted by Crippen LogP contribution is -2.55. The molecule has 0 heterocycles. The molecule has 0 aliphatic carbocycles. The number of aliphatic carboxylic acids is 1. The van der Waals surface area contributed by atoms with Crippen molar-refractivity contribution in [2.75, 3.05) is 0 Å². The maximum atomic E-state index is 12.6. The lowest BCUT2D eigenvalue weighted by atomic mass is 9.89. The van der Waals surface area contributed by atoms with Gasteiger partial charge in [0, 0.05) is 11.4 Å². The summed E-state index contributed by atoms with van der Waals surface area (Å²) in [6.45, 7) is 1.60. The van der Waals surface area contributed by atoms with Crippen molar-refractivity contribution < 1.29 is 23.4 Å². The second-order valence-electron chi connectivity index (χ2n) is 5.64. The molecule has 0 aliphatic heterocycles. The van der Waals surface area contributed by atoms with Crippen LogP contribution in [0.25, 0.3) is 0 Å². The van der Waals surface area contributed by atoms with E-state index in [1.165, 1.54) is 36.4 Å². The first kappa shape index (κ1) is 19.2. The van der Waals surface area contributed by atoms with Crippen LogP contribution in [0.2, 0.25) is 5.02 Å². The maximum Gasteiger partial charge on any atom is 0.325 e. The number of nitrogens with one attached hydrogen (secondary N) is 1. The summed E-state index contributed by atoms with van der Waals surface area (Å²) in [4.78, 5) is 11.8. The van der Waals surface area contributed by atoms with Crippen molar-refractivity contribution in [3.63, 3.8) is 0 Å². The minimum atomic E-state index is -4.06. The molecule has 3 N–H and O–H groups in total. The molecule has 0 radical (unpaired) electrons. The summed E-state index contributed by atoms with van der Waals surface area (Å²) in [5, 5.41) is 19.4. The molecular formula is C17H18ClNO5S. The van der Waals surface area contributed by atoms with Gasteiger partial charge in [-0.1, -0.05) is 30.7 Å². The summed E-state index contributed by atoms with van der Waals surface area (Å²) in [5.74, 6) is -1.23. The highest BCUT2D eigenvalue weighted by molar-refractivity contribution is 7.89. The standard InChI is InChI=1S/C17H18ClNO5S/c1-2-17(16(21)22,11-12-3-7-14(20)8-4-12)19-25(23,24)15-9-5-13(18)6-10-15/h3-10,19-20H,2,11H2,1H3,(H,21,22). The van der Waals surface area contributed by atoms with E-state index in [0.29, 0.717) is 10.6 Å². The van der Waals surface area contributed by atoms with Gasteiger partial charge in [0.15, 0.2) is 0 Å². The van der Waals surface area contributed by atoms with Crippen LogP contribution in [0.4, 0.5) is 0 Å². The van der Waals surface area contributed by atoms with Crippen LogP contribution in [-0.4, -0.2) is 30.1 Å². The molecule has 134 valence electrons. The molecule has 2 rings (SSSR count). The Morgan fingerprint density at radius 1 is 1.12 bits per heavy atom. The van der Waals surface area contributed by atoms with Gasteiger partial charge >= 0.3 is 5.97 Å². The number of carboxylic acid groups (broad SMARTS) is 1. The van der Waals surface area contributed by atoms with Crippen LogP contribution >= 0.6 is 11.6 Å². The molecule has 0 spiro atoms. The van der Waals surface area contributed by atoms with Crippen LogP contribution < -0.4 is 4.72 Å². The number of phenols is 1. The van der Waals surface area contributed by atoms with Crippen molar-refractivity contribution >= 4 is 27.6 Å². The molecule has 6 nitrogen and oxygen atoms in total. The average Bonchev–Trinajstić information content (AvgIpc) is 2.56. The first-order chi connectivity index (χ1) is 11.7. The molecular weight excluding hydrogens is 366 g/mol. The summed E-state index contributed by atoms with van der Waals surface area (Å²) < 4.78 is 27.5. The number of phenolic OH excluding ortho intramolecular Hbond substituents is 1. The van der Waals surface area contributed by atoms with Crippen molar-refractivity contribution in [3.8, 4) is 5.75 Å². The zero-order valence-electron chi connectivity index (χ0n) is 13.4. The predicted molar refractivity (Wildman–Crippen MR) is 94.2 cm³/mol.